The summed E-state index contributed by atoms with van der Waals surface area (Å²) in [5, 5.41) is 3.96. The van der Waals surface area contributed by atoms with E-state index in [4.69, 9.17) is 4.74 Å². The Bertz CT molecular complexity index is 987. The first-order valence-electron chi connectivity index (χ1n) is 9.45. The number of carbonyl (C=O) groups is 2. The number of H-pyrrole nitrogens is 1. The normalized spacial score (nSPS) is 12.2. The molecule has 28 heavy (non-hydrogen) atoms. The Labute approximate surface area is 165 Å². The van der Waals surface area contributed by atoms with Crippen LogP contribution in [0.2, 0.25) is 0 Å². The molecule has 2 N–H and O–H groups in total. The molecule has 5 heteroatoms. The van der Waals surface area contributed by atoms with Crippen LogP contribution in [0.25, 0.3) is 10.9 Å². The average Bonchev–Trinajstić information content (AvgIpc) is 3.13. The summed E-state index contributed by atoms with van der Waals surface area (Å²) in [6, 6.07) is 15.3. The summed E-state index contributed by atoms with van der Waals surface area (Å²) in [5.41, 5.74) is 4.57. The summed E-state index contributed by atoms with van der Waals surface area (Å²) < 4.78 is 4.82. The third kappa shape index (κ3) is 4.25. The molecule has 5 nitrogen and oxygen atoms in total. The number of amides is 1. The quantitative estimate of drug-likeness (QED) is 0.614. The van der Waals surface area contributed by atoms with Gasteiger partial charge in [0.15, 0.2) is 0 Å². The Morgan fingerprint density at radius 1 is 1.07 bits per heavy atom. The van der Waals surface area contributed by atoms with Crippen molar-refractivity contribution < 1.29 is 14.3 Å². The maximum atomic E-state index is 12.9. The lowest BCUT2D eigenvalue weighted by atomic mass is 9.97. The molecule has 0 radical (unpaired) electrons. The van der Waals surface area contributed by atoms with Crippen molar-refractivity contribution in [3.8, 4) is 0 Å². The van der Waals surface area contributed by atoms with E-state index in [1.54, 1.807) is 0 Å². The minimum absolute atomic E-state index is 0.0719. The minimum atomic E-state index is -0.464. The summed E-state index contributed by atoms with van der Waals surface area (Å²) >= 11 is 0. The number of benzene rings is 2. The number of esters is 1. The number of rotatable bonds is 6. The number of hydrogen-bond donors (Lipinski definition) is 2. The van der Waals surface area contributed by atoms with Crippen molar-refractivity contribution in [3.63, 3.8) is 0 Å². The molecule has 0 saturated heterocycles. The van der Waals surface area contributed by atoms with Gasteiger partial charge in [0.2, 0.25) is 0 Å². The van der Waals surface area contributed by atoms with Crippen molar-refractivity contribution >= 4 is 22.8 Å². The topological polar surface area (TPSA) is 71.2 Å². The lowest BCUT2D eigenvalue weighted by Gasteiger charge is -2.18. The predicted molar refractivity (Wildman–Crippen MR) is 110 cm³/mol. The van der Waals surface area contributed by atoms with Crippen molar-refractivity contribution in [2.75, 3.05) is 7.11 Å². The van der Waals surface area contributed by atoms with Gasteiger partial charge in [0.05, 0.1) is 19.6 Å². The monoisotopic (exact) mass is 378 g/mol. The average molecular weight is 378 g/mol. The third-order valence-electron chi connectivity index (χ3n) is 5.02. The highest BCUT2D eigenvalue weighted by Crippen LogP contribution is 2.23. The van der Waals surface area contributed by atoms with Gasteiger partial charge in [0.25, 0.3) is 5.91 Å². The van der Waals surface area contributed by atoms with Gasteiger partial charge in [-0.25, -0.2) is 0 Å². The number of carbonyl (C=O) groups excluding carboxylic acids is 2. The SMILES string of the molecule is COC(=O)CC(NC(=O)c1cc2cccc(C)c2[nH]1)c1ccc(C(C)C)cc1. The van der Waals surface area contributed by atoms with Gasteiger partial charge in [-0.2, -0.15) is 0 Å². The van der Waals surface area contributed by atoms with E-state index in [0.29, 0.717) is 11.6 Å². The molecule has 0 fully saturated rings. The maximum absolute atomic E-state index is 12.9. The molecular weight excluding hydrogens is 352 g/mol. The molecule has 0 aliphatic carbocycles. The predicted octanol–water partition coefficient (Wildman–Crippen LogP) is 4.63. The highest BCUT2D eigenvalue weighted by molar-refractivity contribution is 5.99. The molecule has 0 aliphatic heterocycles. The Morgan fingerprint density at radius 3 is 2.36 bits per heavy atom. The van der Waals surface area contributed by atoms with Crippen LogP contribution in [0.15, 0.2) is 48.5 Å². The first-order chi connectivity index (χ1) is 13.4. The lowest BCUT2D eigenvalue weighted by Crippen LogP contribution is -2.30. The van der Waals surface area contributed by atoms with Crippen LogP contribution in [0.1, 0.15) is 59.4 Å². The molecule has 0 saturated carbocycles. The molecule has 1 aromatic heterocycles. The molecular formula is C23H26N2O3. The van der Waals surface area contributed by atoms with E-state index >= 15 is 0 Å². The first-order valence-corrected chi connectivity index (χ1v) is 9.45. The van der Waals surface area contributed by atoms with Crippen LogP contribution in [0, 0.1) is 6.92 Å². The number of para-hydroxylation sites is 1. The zero-order valence-electron chi connectivity index (χ0n) is 16.7. The van der Waals surface area contributed by atoms with Crippen molar-refractivity contribution in [2.24, 2.45) is 0 Å². The van der Waals surface area contributed by atoms with Gasteiger partial charge in [-0.05, 0) is 35.6 Å². The van der Waals surface area contributed by atoms with E-state index in [1.807, 2.05) is 55.5 Å². The summed E-state index contributed by atoms with van der Waals surface area (Å²) in [4.78, 5) is 27.9. The highest BCUT2D eigenvalue weighted by Gasteiger charge is 2.21. The summed E-state index contributed by atoms with van der Waals surface area (Å²) in [6.45, 7) is 6.25. The molecule has 0 aliphatic rings. The molecule has 0 spiro atoms. The van der Waals surface area contributed by atoms with E-state index in [9.17, 15) is 9.59 Å². The van der Waals surface area contributed by atoms with Crippen LogP contribution in [0.5, 0.6) is 0 Å². The van der Waals surface area contributed by atoms with Crippen molar-refractivity contribution in [1.29, 1.82) is 0 Å². The van der Waals surface area contributed by atoms with E-state index in [0.717, 1.165) is 22.0 Å². The van der Waals surface area contributed by atoms with Crippen molar-refractivity contribution in [1.82, 2.24) is 10.3 Å². The smallest absolute Gasteiger partial charge is 0.307 e. The van der Waals surface area contributed by atoms with Gasteiger partial charge in [0.1, 0.15) is 5.69 Å². The Morgan fingerprint density at radius 2 is 1.75 bits per heavy atom. The molecule has 1 atom stereocenters. The first kappa shape index (κ1) is 19.7. The van der Waals surface area contributed by atoms with Gasteiger partial charge in [-0.1, -0.05) is 56.3 Å². The van der Waals surface area contributed by atoms with Crippen LogP contribution in [0.3, 0.4) is 0 Å². The fourth-order valence-corrected chi connectivity index (χ4v) is 3.28. The van der Waals surface area contributed by atoms with E-state index in [1.165, 1.54) is 12.7 Å². The number of nitrogens with one attached hydrogen (secondary N) is 2. The Kier molecular flexibility index (Phi) is 5.83. The number of methoxy groups -OCH3 is 1. The molecule has 1 unspecified atom stereocenters. The van der Waals surface area contributed by atoms with E-state index < -0.39 is 6.04 Å². The Balaban J connectivity index is 1.86. The van der Waals surface area contributed by atoms with Crippen LogP contribution < -0.4 is 5.32 Å². The molecule has 146 valence electrons. The molecule has 1 heterocycles. The molecule has 1 amide bonds. The number of aryl methyl sites for hydroxylation is 1. The number of hydrogen-bond acceptors (Lipinski definition) is 3. The standard InChI is InChI=1S/C23H26N2O3/c1-14(2)16-8-10-17(11-9-16)19(13-21(26)28-4)25-23(27)20-12-18-7-5-6-15(3)22(18)24-20/h5-12,14,19,24H,13H2,1-4H3,(H,25,27). The number of aromatic amines is 1. The zero-order valence-corrected chi connectivity index (χ0v) is 16.7. The largest absolute Gasteiger partial charge is 0.469 e. The summed E-state index contributed by atoms with van der Waals surface area (Å²) in [5.74, 6) is -0.208. The number of ether oxygens (including phenoxy) is 1. The molecule has 0 bridgehead atoms. The summed E-state index contributed by atoms with van der Waals surface area (Å²) in [6.07, 6.45) is 0.0719. The van der Waals surface area contributed by atoms with E-state index in [-0.39, 0.29) is 18.3 Å². The van der Waals surface area contributed by atoms with E-state index in [2.05, 4.69) is 24.1 Å². The van der Waals surface area contributed by atoms with Crippen molar-refractivity contribution in [2.45, 2.75) is 39.2 Å². The fraction of sp³-hybridized carbons (Fsp3) is 0.304. The fourth-order valence-electron chi connectivity index (χ4n) is 3.28. The highest BCUT2D eigenvalue weighted by atomic mass is 16.5. The van der Waals surface area contributed by atoms with Crippen LogP contribution in [-0.2, 0) is 9.53 Å². The molecule has 3 aromatic rings. The minimum Gasteiger partial charge on any atom is -0.469 e. The van der Waals surface area contributed by atoms with Gasteiger partial charge in [0, 0.05) is 10.9 Å². The summed E-state index contributed by atoms with van der Waals surface area (Å²) in [7, 11) is 1.35. The zero-order chi connectivity index (χ0) is 20.3. The van der Waals surface area contributed by atoms with Gasteiger partial charge in [-0.3, -0.25) is 9.59 Å². The van der Waals surface area contributed by atoms with Crippen LogP contribution in [-0.4, -0.2) is 24.0 Å². The van der Waals surface area contributed by atoms with Gasteiger partial charge in [-0.15, -0.1) is 0 Å². The van der Waals surface area contributed by atoms with Gasteiger partial charge < -0.3 is 15.0 Å². The van der Waals surface area contributed by atoms with Crippen LogP contribution in [0.4, 0.5) is 0 Å². The van der Waals surface area contributed by atoms with Gasteiger partial charge >= 0.3 is 5.97 Å². The molecule has 3 rings (SSSR count). The van der Waals surface area contributed by atoms with Crippen LogP contribution >= 0.6 is 0 Å². The number of aromatic nitrogens is 1. The second-order valence-corrected chi connectivity index (χ2v) is 7.35. The Hall–Kier alpha value is -3.08. The molecule has 2 aromatic carbocycles. The third-order valence-corrected chi connectivity index (χ3v) is 5.02. The second kappa shape index (κ2) is 8.30. The number of fused-ring (bicyclic) bond motifs is 1. The maximum Gasteiger partial charge on any atom is 0.307 e. The lowest BCUT2D eigenvalue weighted by molar-refractivity contribution is -0.141. The second-order valence-electron chi connectivity index (χ2n) is 7.35. The van der Waals surface area contributed by atoms with Crippen molar-refractivity contribution in [3.05, 3.63) is 70.9 Å².